The summed E-state index contributed by atoms with van der Waals surface area (Å²) in [6.45, 7) is 4.23. The zero-order valence-corrected chi connectivity index (χ0v) is 8.33. The Morgan fingerprint density at radius 1 is 1.36 bits per heavy atom. The van der Waals surface area contributed by atoms with Gasteiger partial charge in [0.05, 0.1) is 6.61 Å². The average Bonchev–Trinajstić information content (AvgIpc) is 2.18. The van der Waals surface area contributed by atoms with Gasteiger partial charge in [-0.05, 0) is 26.0 Å². The zero-order valence-electron chi connectivity index (χ0n) is 8.33. The summed E-state index contributed by atoms with van der Waals surface area (Å²) in [5.74, 6) is 0. The van der Waals surface area contributed by atoms with Crippen molar-refractivity contribution in [3.05, 3.63) is 29.8 Å². The normalized spacial score (nSPS) is 9.57. The van der Waals surface area contributed by atoms with Gasteiger partial charge in [-0.1, -0.05) is 17.7 Å². The Labute approximate surface area is 83.2 Å². The molecule has 0 heterocycles. The largest absolute Gasteiger partial charge is 0.343 e. The fraction of sp³-hybridized carbons (Fsp3) is 0.300. The molecule has 0 atom stereocenters. The predicted molar refractivity (Wildman–Crippen MR) is 55.0 cm³/mol. The molecule has 2 amide bonds. The SMILES string of the molecule is CCONC(=O)Nc1ccc(C)cc1. The molecule has 0 radical (unpaired) electrons. The third-order valence-electron chi connectivity index (χ3n) is 1.62. The van der Waals surface area contributed by atoms with Gasteiger partial charge in [0, 0.05) is 5.69 Å². The molecule has 1 aromatic carbocycles. The average molecular weight is 194 g/mol. The summed E-state index contributed by atoms with van der Waals surface area (Å²) in [6.07, 6.45) is 0. The Kier molecular flexibility index (Phi) is 3.94. The van der Waals surface area contributed by atoms with Gasteiger partial charge in [0.25, 0.3) is 0 Å². The first-order valence-electron chi connectivity index (χ1n) is 4.48. The molecule has 4 heteroatoms. The highest BCUT2D eigenvalue weighted by Gasteiger charge is 1.99. The van der Waals surface area contributed by atoms with Crippen LogP contribution in [0.5, 0.6) is 0 Å². The molecule has 0 aliphatic carbocycles. The maximum atomic E-state index is 11.1. The van der Waals surface area contributed by atoms with E-state index in [4.69, 9.17) is 4.84 Å². The Bertz CT molecular complexity index is 295. The molecule has 0 unspecified atom stereocenters. The van der Waals surface area contributed by atoms with Crippen LogP contribution >= 0.6 is 0 Å². The summed E-state index contributed by atoms with van der Waals surface area (Å²) >= 11 is 0. The van der Waals surface area contributed by atoms with Crippen molar-refractivity contribution in [2.24, 2.45) is 0 Å². The van der Waals surface area contributed by atoms with E-state index in [2.05, 4.69) is 10.8 Å². The number of nitrogens with one attached hydrogen (secondary N) is 2. The minimum atomic E-state index is -0.365. The van der Waals surface area contributed by atoms with Crippen LogP contribution in [0.3, 0.4) is 0 Å². The zero-order chi connectivity index (χ0) is 10.4. The number of carbonyl (C=O) groups is 1. The highest BCUT2D eigenvalue weighted by molar-refractivity contribution is 5.88. The van der Waals surface area contributed by atoms with Crippen molar-refractivity contribution in [1.29, 1.82) is 0 Å². The smallest absolute Gasteiger partial charge is 0.306 e. The lowest BCUT2D eigenvalue weighted by atomic mass is 10.2. The van der Waals surface area contributed by atoms with Crippen LogP contribution in [-0.2, 0) is 4.84 Å². The number of hydroxylamine groups is 1. The molecule has 0 spiro atoms. The molecule has 0 fully saturated rings. The summed E-state index contributed by atoms with van der Waals surface area (Å²) in [6, 6.07) is 7.16. The maximum Gasteiger partial charge on any atom is 0.343 e. The third-order valence-corrected chi connectivity index (χ3v) is 1.62. The Balaban J connectivity index is 2.44. The van der Waals surface area contributed by atoms with Crippen molar-refractivity contribution in [1.82, 2.24) is 5.48 Å². The predicted octanol–water partition coefficient (Wildman–Crippen LogP) is 2.07. The lowest BCUT2D eigenvalue weighted by molar-refractivity contribution is 0.0758. The number of rotatable bonds is 3. The van der Waals surface area contributed by atoms with E-state index in [0.29, 0.717) is 6.61 Å². The molecule has 0 bridgehead atoms. The molecule has 1 aromatic rings. The van der Waals surface area contributed by atoms with E-state index >= 15 is 0 Å². The number of aryl methyl sites for hydroxylation is 1. The highest BCUT2D eigenvalue weighted by atomic mass is 16.7. The van der Waals surface area contributed by atoms with Gasteiger partial charge in [-0.3, -0.25) is 4.84 Å². The van der Waals surface area contributed by atoms with Gasteiger partial charge in [0.2, 0.25) is 0 Å². The monoisotopic (exact) mass is 194 g/mol. The molecule has 1 rings (SSSR count). The third kappa shape index (κ3) is 3.45. The van der Waals surface area contributed by atoms with E-state index in [9.17, 15) is 4.79 Å². The number of hydrogen-bond acceptors (Lipinski definition) is 2. The van der Waals surface area contributed by atoms with E-state index in [-0.39, 0.29) is 6.03 Å². The van der Waals surface area contributed by atoms with Crippen LogP contribution in [-0.4, -0.2) is 12.6 Å². The molecule has 0 saturated carbocycles. The second kappa shape index (κ2) is 5.24. The van der Waals surface area contributed by atoms with E-state index in [1.54, 1.807) is 6.92 Å². The van der Waals surface area contributed by atoms with Crippen LogP contribution in [0.15, 0.2) is 24.3 Å². The molecular weight excluding hydrogens is 180 g/mol. The van der Waals surface area contributed by atoms with Crippen molar-refractivity contribution >= 4 is 11.7 Å². The molecule has 4 nitrogen and oxygen atoms in total. The van der Waals surface area contributed by atoms with Crippen LogP contribution in [0.4, 0.5) is 10.5 Å². The number of urea groups is 1. The van der Waals surface area contributed by atoms with Crippen LogP contribution < -0.4 is 10.8 Å². The number of hydrogen-bond donors (Lipinski definition) is 2. The second-order valence-electron chi connectivity index (χ2n) is 2.86. The van der Waals surface area contributed by atoms with E-state index in [1.807, 2.05) is 31.2 Å². The molecule has 0 saturated heterocycles. The Hall–Kier alpha value is -1.55. The minimum absolute atomic E-state index is 0.365. The number of amides is 2. The topological polar surface area (TPSA) is 50.4 Å². The number of benzene rings is 1. The van der Waals surface area contributed by atoms with Crippen molar-refractivity contribution in [2.75, 3.05) is 11.9 Å². The van der Waals surface area contributed by atoms with Crippen LogP contribution in [0.1, 0.15) is 12.5 Å². The minimum Gasteiger partial charge on any atom is -0.306 e. The van der Waals surface area contributed by atoms with Gasteiger partial charge in [-0.25, -0.2) is 10.3 Å². The van der Waals surface area contributed by atoms with Crippen molar-refractivity contribution in [3.63, 3.8) is 0 Å². The maximum absolute atomic E-state index is 11.1. The van der Waals surface area contributed by atoms with Crippen LogP contribution in [0, 0.1) is 6.92 Å². The molecule has 2 N–H and O–H groups in total. The first kappa shape index (κ1) is 10.5. The van der Waals surface area contributed by atoms with Gasteiger partial charge >= 0.3 is 6.03 Å². The Morgan fingerprint density at radius 2 is 2.00 bits per heavy atom. The summed E-state index contributed by atoms with van der Waals surface area (Å²) in [5.41, 5.74) is 4.14. The van der Waals surface area contributed by atoms with Crippen molar-refractivity contribution < 1.29 is 9.63 Å². The first-order valence-corrected chi connectivity index (χ1v) is 4.48. The van der Waals surface area contributed by atoms with Gasteiger partial charge in [-0.2, -0.15) is 0 Å². The Morgan fingerprint density at radius 3 is 2.57 bits per heavy atom. The van der Waals surface area contributed by atoms with Gasteiger partial charge in [0.15, 0.2) is 0 Å². The van der Waals surface area contributed by atoms with Crippen molar-refractivity contribution in [2.45, 2.75) is 13.8 Å². The van der Waals surface area contributed by atoms with E-state index in [0.717, 1.165) is 11.3 Å². The van der Waals surface area contributed by atoms with Gasteiger partial charge in [-0.15, -0.1) is 0 Å². The molecule has 0 aromatic heterocycles. The number of carbonyl (C=O) groups excluding carboxylic acids is 1. The first-order chi connectivity index (χ1) is 6.72. The highest BCUT2D eigenvalue weighted by Crippen LogP contribution is 2.07. The fourth-order valence-corrected chi connectivity index (χ4v) is 0.931. The van der Waals surface area contributed by atoms with E-state index in [1.165, 1.54) is 0 Å². The molecule has 0 aliphatic rings. The van der Waals surface area contributed by atoms with Crippen LogP contribution in [0.25, 0.3) is 0 Å². The summed E-state index contributed by atoms with van der Waals surface area (Å²) in [5, 5.41) is 2.63. The molecule has 14 heavy (non-hydrogen) atoms. The summed E-state index contributed by atoms with van der Waals surface area (Å²) in [7, 11) is 0. The summed E-state index contributed by atoms with van der Waals surface area (Å²) in [4.78, 5) is 15.8. The molecular formula is C10H14N2O2. The standard InChI is InChI=1S/C10H14N2O2/c1-3-14-12-10(13)11-9-6-4-8(2)5-7-9/h4-7H,3H2,1-2H3,(H2,11,12,13). The summed E-state index contributed by atoms with van der Waals surface area (Å²) < 4.78 is 0. The lowest BCUT2D eigenvalue weighted by Crippen LogP contribution is -2.28. The van der Waals surface area contributed by atoms with Gasteiger partial charge in [0.1, 0.15) is 0 Å². The van der Waals surface area contributed by atoms with E-state index < -0.39 is 0 Å². The van der Waals surface area contributed by atoms with Gasteiger partial charge < -0.3 is 5.32 Å². The molecule has 76 valence electrons. The fourth-order valence-electron chi connectivity index (χ4n) is 0.931. The van der Waals surface area contributed by atoms with Crippen molar-refractivity contribution in [3.8, 4) is 0 Å². The second-order valence-corrected chi connectivity index (χ2v) is 2.86. The number of anilines is 1. The molecule has 0 aliphatic heterocycles. The van der Waals surface area contributed by atoms with Crippen LogP contribution in [0.2, 0.25) is 0 Å². The lowest BCUT2D eigenvalue weighted by Gasteiger charge is -2.06. The quantitative estimate of drug-likeness (QED) is 0.724.